The first kappa shape index (κ1) is 12.7. The van der Waals surface area contributed by atoms with E-state index in [1.165, 1.54) is 6.07 Å². The van der Waals surface area contributed by atoms with Crippen molar-refractivity contribution in [2.45, 2.75) is 16.8 Å². The molecule has 0 saturated heterocycles. The Kier molecular flexibility index (Phi) is 3.17. The molecule has 0 unspecified atom stereocenters. The zero-order valence-electron chi connectivity index (χ0n) is 10.3. The Bertz CT molecular complexity index is 826. The zero-order chi connectivity index (χ0) is 14.1. The number of hydrogen-bond acceptors (Lipinski definition) is 6. The minimum Gasteiger partial charge on any atom is -0.390 e. The Morgan fingerprint density at radius 2 is 2.25 bits per heavy atom. The van der Waals surface area contributed by atoms with Gasteiger partial charge in [-0.1, -0.05) is 6.07 Å². The van der Waals surface area contributed by atoms with Crippen LogP contribution in [0.4, 0.5) is 5.82 Å². The number of rotatable bonds is 3. The predicted molar refractivity (Wildman–Crippen MR) is 74.5 cm³/mol. The van der Waals surface area contributed by atoms with Crippen molar-refractivity contribution in [3.05, 3.63) is 46.5 Å². The van der Waals surface area contributed by atoms with Gasteiger partial charge < -0.3 is 20.2 Å². The van der Waals surface area contributed by atoms with E-state index in [9.17, 15) is 9.90 Å². The first-order valence-corrected chi connectivity index (χ1v) is 6.60. The molecule has 0 bridgehead atoms. The highest BCUT2D eigenvalue weighted by atomic mass is 32.2. The molecule has 7 nitrogen and oxygen atoms in total. The summed E-state index contributed by atoms with van der Waals surface area (Å²) in [4.78, 5) is 22.4. The SMILES string of the molecule is Nc1cc(=O)[nH]c(Sc2nc3ccccn3c2CO)n1. The fourth-order valence-corrected chi connectivity index (χ4v) is 2.75. The lowest BCUT2D eigenvalue weighted by atomic mass is 10.4. The molecule has 3 heterocycles. The molecule has 3 aromatic rings. The number of hydrogen-bond donors (Lipinski definition) is 3. The summed E-state index contributed by atoms with van der Waals surface area (Å²) in [5, 5.41) is 10.4. The maximum atomic E-state index is 11.4. The van der Waals surface area contributed by atoms with Crippen LogP contribution >= 0.6 is 11.8 Å². The number of nitrogens with zero attached hydrogens (tertiary/aromatic N) is 3. The summed E-state index contributed by atoms with van der Waals surface area (Å²) in [6.07, 6.45) is 1.81. The van der Waals surface area contributed by atoms with Crippen LogP contribution < -0.4 is 11.3 Å². The lowest BCUT2D eigenvalue weighted by molar-refractivity contribution is 0.272. The minimum absolute atomic E-state index is 0.144. The highest BCUT2D eigenvalue weighted by Crippen LogP contribution is 2.28. The molecule has 3 rings (SSSR count). The number of aromatic amines is 1. The van der Waals surface area contributed by atoms with Gasteiger partial charge in [0.15, 0.2) is 5.16 Å². The average molecular weight is 289 g/mol. The molecular weight excluding hydrogens is 278 g/mol. The highest BCUT2D eigenvalue weighted by Gasteiger charge is 2.13. The van der Waals surface area contributed by atoms with Crippen LogP contribution in [0, 0.1) is 0 Å². The van der Waals surface area contributed by atoms with Gasteiger partial charge in [-0.05, 0) is 23.9 Å². The van der Waals surface area contributed by atoms with E-state index >= 15 is 0 Å². The third kappa shape index (κ3) is 2.26. The van der Waals surface area contributed by atoms with E-state index in [-0.39, 0.29) is 18.0 Å². The van der Waals surface area contributed by atoms with Gasteiger partial charge in [-0.25, -0.2) is 9.97 Å². The van der Waals surface area contributed by atoms with Crippen molar-refractivity contribution in [2.24, 2.45) is 0 Å². The molecule has 0 spiro atoms. The maximum absolute atomic E-state index is 11.4. The summed E-state index contributed by atoms with van der Waals surface area (Å²) in [6, 6.07) is 6.75. The van der Waals surface area contributed by atoms with Crippen LogP contribution in [0.15, 0.2) is 45.4 Å². The van der Waals surface area contributed by atoms with Crippen molar-refractivity contribution in [1.29, 1.82) is 0 Å². The predicted octanol–water partition coefficient (Wildman–Crippen LogP) is 0.643. The zero-order valence-corrected chi connectivity index (χ0v) is 11.1. The molecule has 0 aliphatic carbocycles. The second kappa shape index (κ2) is 4.99. The van der Waals surface area contributed by atoms with E-state index in [1.807, 2.05) is 24.4 Å². The second-order valence-electron chi connectivity index (χ2n) is 4.03. The van der Waals surface area contributed by atoms with Crippen LogP contribution in [-0.2, 0) is 6.61 Å². The second-order valence-corrected chi connectivity index (χ2v) is 5.01. The molecule has 0 saturated carbocycles. The van der Waals surface area contributed by atoms with Crippen molar-refractivity contribution >= 4 is 23.2 Å². The van der Waals surface area contributed by atoms with Crippen LogP contribution in [0.1, 0.15) is 5.69 Å². The van der Waals surface area contributed by atoms with Gasteiger partial charge in [-0.2, -0.15) is 0 Å². The normalized spacial score (nSPS) is 11.1. The quantitative estimate of drug-likeness (QED) is 0.611. The minimum atomic E-state index is -0.325. The monoisotopic (exact) mass is 289 g/mol. The Morgan fingerprint density at radius 3 is 3.00 bits per heavy atom. The smallest absolute Gasteiger partial charge is 0.253 e. The molecule has 0 radical (unpaired) electrons. The summed E-state index contributed by atoms with van der Waals surface area (Å²) >= 11 is 1.15. The molecule has 0 fully saturated rings. The number of aliphatic hydroxyl groups excluding tert-OH is 1. The molecule has 4 N–H and O–H groups in total. The average Bonchev–Trinajstić information content (AvgIpc) is 2.74. The highest BCUT2D eigenvalue weighted by molar-refractivity contribution is 7.99. The summed E-state index contributed by atoms with van der Waals surface area (Å²) in [7, 11) is 0. The Morgan fingerprint density at radius 1 is 1.40 bits per heavy atom. The van der Waals surface area contributed by atoms with Gasteiger partial charge in [0.2, 0.25) is 0 Å². The van der Waals surface area contributed by atoms with E-state index in [4.69, 9.17) is 5.73 Å². The number of aromatic nitrogens is 4. The molecule has 0 aliphatic heterocycles. The Labute approximate surface area is 117 Å². The van der Waals surface area contributed by atoms with Crippen molar-refractivity contribution < 1.29 is 5.11 Å². The number of imidazole rings is 1. The first-order chi connectivity index (χ1) is 9.67. The Balaban J connectivity index is 2.08. The van der Waals surface area contributed by atoms with Crippen molar-refractivity contribution in [2.75, 3.05) is 5.73 Å². The Hall–Kier alpha value is -2.32. The molecule has 102 valence electrons. The fraction of sp³-hybridized carbons (Fsp3) is 0.0833. The van der Waals surface area contributed by atoms with Crippen LogP contribution in [0.5, 0.6) is 0 Å². The van der Waals surface area contributed by atoms with Gasteiger partial charge in [0.1, 0.15) is 16.5 Å². The molecule has 0 amide bonds. The molecule has 20 heavy (non-hydrogen) atoms. The summed E-state index contributed by atoms with van der Waals surface area (Å²) in [5.41, 5.74) is 6.56. The van der Waals surface area contributed by atoms with Crippen LogP contribution in [0.3, 0.4) is 0 Å². The van der Waals surface area contributed by atoms with Crippen molar-refractivity contribution in [1.82, 2.24) is 19.4 Å². The summed E-state index contributed by atoms with van der Waals surface area (Å²) < 4.78 is 1.78. The molecule has 3 aromatic heterocycles. The number of nitrogen functional groups attached to an aromatic ring is 1. The lowest BCUT2D eigenvalue weighted by Gasteiger charge is -2.01. The third-order valence-electron chi connectivity index (χ3n) is 2.67. The number of fused-ring (bicyclic) bond motifs is 1. The van der Waals surface area contributed by atoms with Crippen molar-refractivity contribution in [3.8, 4) is 0 Å². The number of nitrogens with one attached hydrogen (secondary N) is 1. The largest absolute Gasteiger partial charge is 0.390 e. The van der Waals surface area contributed by atoms with E-state index in [1.54, 1.807) is 4.40 Å². The first-order valence-electron chi connectivity index (χ1n) is 5.79. The third-order valence-corrected chi connectivity index (χ3v) is 3.58. The number of pyridine rings is 1. The van der Waals surface area contributed by atoms with E-state index in [0.29, 0.717) is 21.5 Å². The van der Waals surface area contributed by atoms with Gasteiger partial charge in [0.25, 0.3) is 5.56 Å². The fourth-order valence-electron chi connectivity index (χ4n) is 1.84. The number of nitrogens with two attached hydrogens (primary N) is 1. The number of aliphatic hydroxyl groups is 1. The van der Waals surface area contributed by atoms with Gasteiger partial charge in [-0.15, -0.1) is 0 Å². The van der Waals surface area contributed by atoms with Gasteiger partial charge >= 0.3 is 0 Å². The van der Waals surface area contributed by atoms with Crippen molar-refractivity contribution in [3.63, 3.8) is 0 Å². The molecule has 0 aromatic carbocycles. The lowest BCUT2D eigenvalue weighted by Crippen LogP contribution is -2.09. The van der Waals surface area contributed by atoms with Gasteiger partial charge in [-0.3, -0.25) is 4.79 Å². The molecular formula is C12H11N5O2S. The van der Waals surface area contributed by atoms with Gasteiger partial charge in [0, 0.05) is 12.3 Å². The summed E-state index contributed by atoms with van der Waals surface area (Å²) in [5.74, 6) is 0.144. The summed E-state index contributed by atoms with van der Waals surface area (Å²) in [6.45, 7) is -0.167. The standard InChI is InChI=1S/C12H11N5O2S/c13-8-5-10(19)16-12(14-8)20-11-7(6-18)17-4-2-1-3-9(17)15-11/h1-5,18H,6H2,(H3,13,14,16,19). The molecule has 8 heteroatoms. The van der Waals surface area contributed by atoms with Crippen LogP contribution in [0.2, 0.25) is 0 Å². The molecule has 0 atom stereocenters. The maximum Gasteiger partial charge on any atom is 0.253 e. The van der Waals surface area contributed by atoms with Crippen LogP contribution in [-0.4, -0.2) is 24.5 Å². The van der Waals surface area contributed by atoms with E-state index in [0.717, 1.165) is 11.8 Å². The van der Waals surface area contributed by atoms with Crippen LogP contribution in [0.25, 0.3) is 5.65 Å². The number of H-pyrrole nitrogens is 1. The van der Waals surface area contributed by atoms with E-state index < -0.39 is 0 Å². The number of anilines is 1. The van der Waals surface area contributed by atoms with E-state index in [2.05, 4.69) is 15.0 Å². The molecule has 0 aliphatic rings. The van der Waals surface area contributed by atoms with Gasteiger partial charge in [0.05, 0.1) is 12.3 Å². The topological polar surface area (TPSA) is 109 Å².